The molecule has 1 aliphatic rings. The molecular weight excluding hydrogens is 160 g/mol. The van der Waals surface area contributed by atoms with Crippen LogP contribution in [0.1, 0.15) is 20.3 Å². The van der Waals surface area contributed by atoms with Crippen LogP contribution in [0.5, 0.6) is 0 Å². The molecule has 0 amide bonds. The van der Waals surface area contributed by atoms with Gasteiger partial charge >= 0.3 is 5.97 Å². The van der Waals surface area contributed by atoms with Crippen LogP contribution in [0, 0.1) is 5.92 Å². The van der Waals surface area contributed by atoms with Crippen LogP contribution in [-0.2, 0) is 14.3 Å². The maximum Gasteiger partial charge on any atom is 0.304 e. The number of carbonyl (C=O) groups is 1. The minimum Gasteiger partial charge on any atom is -0.436 e. The van der Waals surface area contributed by atoms with Crippen LogP contribution >= 0.6 is 0 Å². The van der Waals surface area contributed by atoms with Crippen molar-refractivity contribution in [1.82, 2.24) is 0 Å². The van der Waals surface area contributed by atoms with E-state index in [0.29, 0.717) is 6.42 Å². The Labute approximate surface area is 71.5 Å². The molecule has 0 aromatic heterocycles. The number of hydrogen-bond acceptors (Lipinski definition) is 4. The molecule has 0 bridgehead atoms. The van der Waals surface area contributed by atoms with E-state index < -0.39 is 6.29 Å². The third-order valence-corrected chi connectivity index (χ3v) is 2.06. The zero-order valence-corrected chi connectivity index (χ0v) is 7.32. The van der Waals surface area contributed by atoms with Crippen molar-refractivity contribution in [2.24, 2.45) is 5.92 Å². The van der Waals surface area contributed by atoms with Crippen LogP contribution in [0.25, 0.3) is 0 Å². The molecular formula is C8H14O4. The van der Waals surface area contributed by atoms with Crippen LogP contribution in [0.15, 0.2) is 0 Å². The van der Waals surface area contributed by atoms with Crippen molar-refractivity contribution in [3.05, 3.63) is 0 Å². The Bertz CT molecular complexity index is 168. The molecule has 1 aliphatic heterocycles. The lowest BCUT2D eigenvalue weighted by atomic mass is 10.0. The summed E-state index contributed by atoms with van der Waals surface area (Å²) in [7, 11) is 0. The molecule has 12 heavy (non-hydrogen) atoms. The van der Waals surface area contributed by atoms with Crippen LogP contribution in [-0.4, -0.2) is 30.1 Å². The van der Waals surface area contributed by atoms with Gasteiger partial charge in [0.1, 0.15) is 0 Å². The van der Waals surface area contributed by atoms with E-state index in [1.165, 1.54) is 6.92 Å². The van der Waals surface area contributed by atoms with Gasteiger partial charge < -0.3 is 14.6 Å². The van der Waals surface area contributed by atoms with Crippen molar-refractivity contribution >= 4 is 5.97 Å². The highest BCUT2D eigenvalue weighted by molar-refractivity contribution is 5.66. The molecule has 2 unspecified atom stereocenters. The van der Waals surface area contributed by atoms with Crippen molar-refractivity contribution < 1.29 is 19.4 Å². The van der Waals surface area contributed by atoms with Gasteiger partial charge in [0.05, 0.1) is 6.10 Å². The van der Waals surface area contributed by atoms with Gasteiger partial charge in [0.2, 0.25) is 6.29 Å². The van der Waals surface area contributed by atoms with E-state index in [-0.39, 0.29) is 24.6 Å². The fraction of sp³-hybridized carbons (Fsp3) is 0.875. The summed E-state index contributed by atoms with van der Waals surface area (Å²) in [6.45, 7) is 3.30. The third kappa shape index (κ3) is 2.19. The van der Waals surface area contributed by atoms with E-state index >= 15 is 0 Å². The van der Waals surface area contributed by atoms with Crippen molar-refractivity contribution in [3.63, 3.8) is 0 Å². The molecule has 0 saturated carbocycles. The smallest absolute Gasteiger partial charge is 0.304 e. The standard InChI is InChI=1S/C8H14O4/c1-5-7(4-9)3-8(11-5)12-6(2)10/h5,7-9H,3-4H2,1-2H3/t5?,7-,8?/m0/s1. The summed E-state index contributed by atoms with van der Waals surface area (Å²) in [5, 5.41) is 8.87. The maximum atomic E-state index is 10.5. The molecule has 1 saturated heterocycles. The number of esters is 1. The van der Waals surface area contributed by atoms with Crippen LogP contribution < -0.4 is 0 Å². The molecule has 1 rings (SSSR count). The lowest BCUT2D eigenvalue weighted by Gasteiger charge is -2.10. The van der Waals surface area contributed by atoms with Gasteiger partial charge in [-0.2, -0.15) is 0 Å². The molecule has 0 aliphatic carbocycles. The highest BCUT2D eigenvalue weighted by Gasteiger charge is 2.33. The summed E-state index contributed by atoms with van der Waals surface area (Å²) in [5.74, 6) is -0.250. The number of rotatable bonds is 2. The molecule has 0 aromatic carbocycles. The lowest BCUT2D eigenvalue weighted by molar-refractivity contribution is -0.171. The zero-order chi connectivity index (χ0) is 9.14. The van der Waals surface area contributed by atoms with Crippen molar-refractivity contribution in [3.8, 4) is 0 Å². The topological polar surface area (TPSA) is 55.8 Å². The third-order valence-electron chi connectivity index (χ3n) is 2.06. The Morgan fingerprint density at radius 2 is 2.42 bits per heavy atom. The second-order valence-corrected chi connectivity index (χ2v) is 3.06. The van der Waals surface area contributed by atoms with Crippen LogP contribution in [0.2, 0.25) is 0 Å². The van der Waals surface area contributed by atoms with Gasteiger partial charge in [0.15, 0.2) is 0 Å². The largest absolute Gasteiger partial charge is 0.436 e. The summed E-state index contributed by atoms with van der Waals surface area (Å²) in [6, 6.07) is 0. The van der Waals surface area contributed by atoms with Gasteiger partial charge in [-0.1, -0.05) is 0 Å². The monoisotopic (exact) mass is 174 g/mol. The summed E-state index contributed by atoms with van der Waals surface area (Å²) in [5.41, 5.74) is 0. The molecule has 4 nitrogen and oxygen atoms in total. The highest BCUT2D eigenvalue weighted by Crippen LogP contribution is 2.26. The summed E-state index contributed by atoms with van der Waals surface area (Å²) in [4.78, 5) is 10.5. The maximum absolute atomic E-state index is 10.5. The van der Waals surface area contributed by atoms with Gasteiger partial charge in [0.25, 0.3) is 0 Å². The van der Waals surface area contributed by atoms with Gasteiger partial charge in [-0.3, -0.25) is 4.79 Å². The first-order valence-corrected chi connectivity index (χ1v) is 4.07. The minimum atomic E-state index is -0.463. The molecule has 70 valence electrons. The Balaban J connectivity index is 2.37. The summed E-state index contributed by atoms with van der Waals surface area (Å²) < 4.78 is 10.1. The molecule has 0 aromatic rings. The predicted molar refractivity (Wildman–Crippen MR) is 41.3 cm³/mol. The summed E-state index contributed by atoms with van der Waals surface area (Å²) >= 11 is 0. The lowest BCUT2D eigenvalue weighted by Crippen LogP contribution is -2.15. The first kappa shape index (κ1) is 9.48. The second-order valence-electron chi connectivity index (χ2n) is 3.06. The molecule has 0 radical (unpaired) electrons. The molecule has 3 atom stereocenters. The SMILES string of the molecule is CC(=O)OC1C[C@@H](CO)C(C)O1. The summed E-state index contributed by atoms with van der Waals surface area (Å²) in [6.07, 6.45) is 0.103. The average Bonchev–Trinajstić information content (AvgIpc) is 2.29. The Morgan fingerprint density at radius 3 is 2.83 bits per heavy atom. The van der Waals surface area contributed by atoms with E-state index in [1.54, 1.807) is 0 Å². The molecule has 4 heteroatoms. The fourth-order valence-electron chi connectivity index (χ4n) is 1.33. The normalized spacial score (nSPS) is 35.1. The first-order valence-electron chi connectivity index (χ1n) is 4.07. The number of aliphatic hydroxyl groups excluding tert-OH is 1. The zero-order valence-electron chi connectivity index (χ0n) is 7.32. The number of aliphatic hydroxyl groups is 1. The number of hydrogen-bond donors (Lipinski definition) is 1. The van der Waals surface area contributed by atoms with Crippen LogP contribution in [0.3, 0.4) is 0 Å². The Hall–Kier alpha value is -0.610. The average molecular weight is 174 g/mol. The minimum absolute atomic E-state index is 0.0284. The second kappa shape index (κ2) is 3.87. The van der Waals surface area contributed by atoms with Crippen molar-refractivity contribution in [2.45, 2.75) is 32.7 Å². The van der Waals surface area contributed by atoms with E-state index in [2.05, 4.69) is 0 Å². The molecule has 1 fully saturated rings. The van der Waals surface area contributed by atoms with Crippen molar-refractivity contribution in [2.75, 3.05) is 6.61 Å². The molecule has 1 heterocycles. The highest BCUT2D eigenvalue weighted by atomic mass is 16.7. The Kier molecular flexibility index (Phi) is 3.05. The number of carbonyl (C=O) groups excluding carboxylic acids is 1. The van der Waals surface area contributed by atoms with E-state index in [4.69, 9.17) is 14.6 Å². The molecule has 0 spiro atoms. The van der Waals surface area contributed by atoms with E-state index in [0.717, 1.165) is 0 Å². The first-order chi connectivity index (χ1) is 5.63. The van der Waals surface area contributed by atoms with Gasteiger partial charge in [-0.05, 0) is 6.92 Å². The van der Waals surface area contributed by atoms with Crippen molar-refractivity contribution in [1.29, 1.82) is 0 Å². The van der Waals surface area contributed by atoms with Gasteiger partial charge in [0, 0.05) is 25.9 Å². The predicted octanol–water partition coefficient (Wildman–Crippen LogP) is 0.293. The fourth-order valence-corrected chi connectivity index (χ4v) is 1.33. The van der Waals surface area contributed by atoms with E-state index in [9.17, 15) is 4.79 Å². The van der Waals surface area contributed by atoms with Gasteiger partial charge in [-0.15, -0.1) is 0 Å². The number of ether oxygens (including phenoxy) is 2. The molecule has 1 N–H and O–H groups in total. The Morgan fingerprint density at radius 1 is 1.75 bits per heavy atom. The quantitative estimate of drug-likeness (QED) is 0.611. The van der Waals surface area contributed by atoms with E-state index in [1.807, 2.05) is 6.92 Å². The van der Waals surface area contributed by atoms with Gasteiger partial charge in [-0.25, -0.2) is 0 Å². The van der Waals surface area contributed by atoms with Crippen LogP contribution in [0.4, 0.5) is 0 Å².